The second-order valence-electron chi connectivity index (χ2n) is 1.23. The predicted molar refractivity (Wildman–Crippen MR) is 28.6 cm³/mol. The molecule has 1 rings (SSSR count). The summed E-state index contributed by atoms with van der Waals surface area (Å²) in [5, 5.41) is 0. The van der Waals surface area contributed by atoms with Crippen molar-refractivity contribution in [3.8, 4) is 0 Å². The van der Waals surface area contributed by atoms with Crippen molar-refractivity contribution >= 4 is 0 Å². The van der Waals surface area contributed by atoms with Crippen LogP contribution >= 0.6 is 0 Å². The molecular formula is C7H5. The Morgan fingerprint density at radius 2 is 2.14 bits per heavy atom. The van der Waals surface area contributed by atoms with Crippen molar-refractivity contribution in [2.24, 2.45) is 0 Å². The Morgan fingerprint density at radius 1 is 1.14 bits per heavy atom. The Bertz CT molecular complexity index is 160. The number of hydrogen-bond donors (Lipinski definition) is 0. The maximum absolute atomic E-state index is 2.99. The van der Waals surface area contributed by atoms with Gasteiger partial charge in [0.15, 0.2) is 0 Å². The molecule has 0 aromatic heterocycles. The van der Waals surface area contributed by atoms with Gasteiger partial charge >= 0.3 is 0 Å². The van der Waals surface area contributed by atoms with Crippen molar-refractivity contribution in [2.75, 3.05) is 0 Å². The van der Waals surface area contributed by atoms with Crippen molar-refractivity contribution in [1.29, 1.82) is 0 Å². The van der Waals surface area contributed by atoms with E-state index in [0.29, 0.717) is 0 Å². The molecule has 0 unspecified atom stereocenters. The number of hydrogen-bond acceptors (Lipinski definition) is 0. The molecule has 1 aliphatic rings. The van der Waals surface area contributed by atoms with Gasteiger partial charge in [0, 0.05) is 0 Å². The summed E-state index contributed by atoms with van der Waals surface area (Å²) in [7, 11) is 0. The molecule has 0 amide bonds. The van der Waals surface area contributed by atoms with Crippen LogP contribution in [0.25, 0.3) is 0 Å². The minimum atomic E-state index is 0.865. The fraction of sp³-hybridized carbons (Fsp3) is 0.143. The highest BCUT2D eigenvalue weighted by Crippen LogP contribution is 1.85. The molecule has 0 saturated carbocycles. The quantitative estimate of drug-likeness (QED) is 0.395. The van der Waals surface area contributed by atoms with E-state index in [1.165, 1.54) is 0 Å². The van der Waals surface area contributed by atoms with E-state index in [1.54, 1.807) is 6.08 Å². The van der Waals surface area contributed by atoms with Crippen LogP contribution in [0, 0.1) is 6.08 Å². The fourth-order valence-corrected chi connectivity index (χ4v) is 0.386. The summed E-state index contributed by atoms with van der Waals surface area (Å²) in [6, 6.07) is 0. The lowest BCUT2D eigenvalue weighted by Gasteiger charge is -1.66. The van der Waals surface area contributed by atoms with Crippen LogP contribution < -0.4 is 0 Å². The summed E-state index contributed by atoms with van der Waals surface area (Å²) < 4.78 is 0. The first-order valence-corrected chi connectivity index (χ1v) is 2.21. The summed E-state index contributed by atoms with van der Waals surface area (Å²) in [6.07, 6.45) is 9.38. The Morgan fingerprint density at radius 3 is 3.14 bits per heavy atom. The van der Waals surface area contributed by atoms with Crippen LogP contribution in [0.2, 0.25) is 0 Å². The van der Waals surface area contributed by atoms with Crippen molar-refractivity contribution < 1.29 is 0 Å². The van der Waals surface area contributed by atoms with Gasteiger partial charge in [-0.1, -0.05) is 17.5 Å². The Balaban J connectivity index is 2.88. The third kappa shape index (κ3) is 1.28. The second kappa shape index (κ2) is 2.25. The lowest BCUT2D eigenvalue weighted by atomic mass is 10.4. The predicted octanol–water partition coefficient (Wildman–Crippen LogP) is 1.62. The van der Waals surface area contributed by atoms with E-state index in [0.717, 1.165) is 6.42 Å². The molecule has 0 aromatic rings. The standard InChI is InChI=1S/C7H5/c1-2-4-6-7-5-3-1/h1-2,7H,5H2. The zero-order valence-electron chi connectivity index (χ0n) is 3.94. The van der Waals surface area contributed by atoms with Crippen molar-refractivity contribution in [2.45, 2.75) is 6.42 Å². The summed E-state index contributed by atoms with van der Waals surface area (Å²) in [5.41, 5.74) is 5.62. The van der Waals surface area contributed by atoms with E-state index >= 15 is 0 Å². The summed E-state index contributed by atoms with van der Waals surface area (Å²) in [4.78, 5) is 0. The van der Waals surface area contributed by atoms with Crippen LogP contribution in [0.1, 0.15) is 6.42 Å². The Hall–Kier alpha value is -0.960. The molecule has 1 aliphatic carbocycles. The summed E-state index contributed by atoms with van der Waals surface area (Å²) in [5.74, 6) is 0. The molecule has 1 radical (unpaired) electrons. The largest absolute Gasteiger partial charge is 0.0743 e. The third-order valence-corrected chi connectivity index (χ3v) is 0.690. The lowest BCUT2D eigenvalue weighted by Crippen LogP contribution is -1.50. The second-order valence-corrected chi connectivity index (χ2v) is 1.23. The number of allylic oxidation sites excluding steroid dienone is 4. The molecule has 0 fully saturated rings. The highest BCUT2D eigenvalue weighted by atomic mass is 13.7. The zero-order valence-corrected chi connectivity index (χ0v) is 3.94. The highest BCUT2D eigenvalue weighted by molar-refractivity contribution is 5.04. The van der Waals surface area contributed by atoms with Gasteiger partial charge in [-0.25, -0.2) is 0 Å². The van der Waals surface area contributed by atoms with Gasteiger partial charge in [-0.3, -0.25) is 0 Å². The SMILES string of the molecule is [C]1=CC=C=C=CC1. The van der Waals surface area contributed by atoms with Gasteiger partial charge in [-0.2, -0.15) is 0 Å². The molecule has 0 bridgehead atoms. The normalized spacial score (nSPS) is 14.9. The van der Waals surface area contributed by atoms with Gasteiger partial charge in [-0.15, -0.1) is 0 Å². The van der Waals surface area contributed by atoms with Crippen molar-refractivity contribution in [3.63, 3.8) is 0 Å². The van der Waals surface area contributed by atoms with Crippen LogP contribution in [0.3, 0.4) is 0 Å². The summed E-state index contributed by atoms with van der Waals surface area (Å²) in [6.45, 7) is 0. The Labute approximate surface area is 43.2 Å². The monoisotopic (exact) mass is 89.0 g/mol. The fourth-order valence-electron chi connectivity index (χ4n) is 0.386. The van der Waals surface area contributed by atoms with Crippen LogP contribution in [-0.4, -0.2) is 0 Å². The van der Waals surface area contributed by atoms with E-state index in [-0.39, 0.29) is 0 Å². The van der Waals surface area contributed by atoms with Gasteiger partial charge in [0.1, 0.15) is 0 Å². The Kier molecular flexibility index (Phi) is 1.35. The molecule has 7 heavy (non-hydrogen) atoms. The maximum Gasteiger partial charge on any atom is -0.00117 e. The zero-order chi connectivity index (χ0) is 4.95. The van der Waals surface area contributed by atoms with E-state index in [4.69, 9.17) is 0 Å². The van der Waals surface area contributed by atoms with Crippen molar-refractivity contribution in [3.05, 3.63) is 35.8 Å². The minimum Gasteiger partial charge on any atom is -0.0743 e. The van der Waals surface area contributed by atoms with Gasteiger partial charge in [-0.05, 0) is 24.6 Å². The average Bonchev–Trinajstić information content (AvgIpc) is 1.90. The average molecular weight is 89.1 g/mol. The molecule has 0 nitrogen and oxygen atoms in total. The number of rotatable bonds is 0. The molecule has 0 heterocycles. The molecular weight excluding hydrogens is 84.1 g/mol. The van der Waals surface area contributed by atoms with Gasteiger partial charge in [0.2, 0.25) is 0 Å². The van der Waals surface area contributed by atoms with E-state index in [1.807, 2.05) is 12.2 Å². The summed E-state index contributed by atoms with van der Waals surface area (Å²) >= 11 is 0. The molecule has 0 aromatic carbocycles. The molecule has 33 valence electrons. The molecule has 0 aliphatic heterocycles. The molecule has 0 heteroatoms. The molecule has 0 atom stereocenters. The van der Waals surface area contributed by atoms with Gasteiger partial charge in [0.05, 0.1) is 0 Å². The third-order valence-electron chi connectivity index (χ3n) is 0.690. The molecule has 0 N–H and O–H groups in total. The molecule has 0 spiro atoms. The first kappa shape index (κ1) is 4.21. The smallest absolute Gasteiger partial charge is 0.00117 e. The van der Waals surface area contributed by atoms with Gasteiger partial charge in [0.25, 0.3) is 0 Å². The maximum atomic E-state index is 2.99. The lowest BCUT2D eigenvalue weighted by molar-refractivity contribution is 1.36. The van der Waals surface area contributed by atoms with Gasteiger partial charge < -0.3 is 0 Å². The van der Waals surface area contributed by atoms with Crippen LogP contribution in [0.15, 0.2) is 29.7 Å². The topological polar surface area (TPSA) is 0 Å². The van der Waals surface area contributed by atoms with E-state index in [9.17, 15) is 0 Å². The van der Waals surface area contributed by atoms with Crippen LogP contribution in [0.5, 0.6) is 0 Å². The van der Waals surface area contributed by atoms with E-state index < -0.39 is 0 Å². The van der Waals surface area contributed by atoms with E-state index in [2.05, 4.69) is 17.5 Å². The first-order valence-electron chi connectivity index (χ1n) is 2.21. The van der Waals surface area contributed by atoms with Crippen molar-refractivity contribution in [1.82, 2.24) is 0 Å². The highest BCUT2D eigenvalue weighted by Gasteiger charge is 1.68. The molecule has 0 saturated heterocycles. The van der Waals surface area contributed by atoms with Crippen LogP contribution in [-0.2, 0) is 0 Å². The first-order chi connectivity index (χ1) is 3.50. The van der Waals surface area contributed by atoms with Crippen LogP contribution in [0.4, 0.5) is 0 Å². The minimum absolute atomic E-state index is 0.865.